The summed E-state index contributed by atoms with van der Waals surface area (Å²) >= 11 is 0. The fraction of sp³-hybridized carbons (Fsp3) is 0.192. The number of carbonyl (C=O) groups excluding carboxylic acids is 1. The van der Waals surface area contributed by atoms with Gasteiger partial charge in [0.2, 0.25) is 0 Å². The monoisotopic (exact) mass is 443 g/mol. The summed E-state index contributed by atoms with van der Waals surface area (Å²) < 4.78 is 16.3. The lowest BCUT2D eigenvalue weighted by Crippen LogP contribution is -2.26. The van der Waals surface area contributed by atoms with Gasteiger partial charge < -0.3 is 19.5 Å². The minimum absolute atomic E-state index is 0.0350. The van der Waals surface area contributed by atoms with E-state index in [-0.39, 0.29) is 5.57 Å². The van der Waals surface area contributed by atoms with Crippen molar-refractivity contribution in [1.29, 1.82) is 5.26 Å². The second-order valence-electron chi connectivity index (χ2n) is 7.08. The van der Waals surface area contributed by atoms with Crippen molar-refractivity contribution in [3.8, 4) is 23.3 Å². The van der Waals surface area contributed by atoms with Gasteiger partial charge in [-0.3, -0.25) is 9.78 Å². The van der Waals surface area contributed by atoms with E-state index >= 15 is 0 Å². The minimum Gasteiger partial charge on any atom is -0.493 e. The van der Waals surface area contributed by atoms with E-state index in [9.17, 15) is 10.1 Å². The number of pyridine rings is 1. The topological polar surface area (TPSA) is 93.5 Å². The third-order valence-electron chi connectivity index (χ3n) is 4.86. The fourth-order valence-electron chi connectivity index (χ4n) is 3.07. The molecule has 3 rings (SSSR count). The number of aromatic nitrogens is 1. The number of ether oxygens (including phenoxy) is 3. The SMILES string of the molecule is COc1ccc(CCNC(=O)/C(C#N)=C\c2ccc(OCc3ccncc3)cc2)cc1OC. The number of amides is 1. The number of nitriles is 1. The highest BCUT2D eigenvalue weighted by atomic mass is 16.5. The van der Waals surface area contributed by atoms with Crippen molar-refractivity contribution in [3.05, 3.63) is 89.3 Å². The molecule has 2 aromatic carbocycles. The van der Waals surface area contributed by atoms with Crippen molar-refractivity contribution in [3.63, 3.8) is 0 Å². The van der Waals surface area contributed by atoms with Crippen LogP contribution in [0.2, 0.25) is 0 Å². The predicted octanol–water partition coefficient (Wildman–Crippen LogP) is 3.94. The Hall–Kier alpha value is -4.31. The van der Waals surface area contributed by atoms with E-state index in [1.807, 2.05) is 36.4 Å². The zero-order valence-electron chi connectivity index (χ0n) is 18.6. The van der Waals surface area contributed by atoms with Crippen LogP contribution in [-0.4, -0.2) is 31.7 Å². The lowest BCUT2D eigenvalue weighted by Gasteiger charge is -2.10. The van der Waals surface area contributed by atoms with Crippen LogP contribution in [0.3, 0.4) is 0 Å². The highest BCUT2D eigenvalue weighted by Crippen LogP contribution is 2.27. The summed E-state index contributed by atoms with van der Waals surface area (Å²) in [4.78, 5) is 16.4. The first-order valence-corrected chi connectivity index (χ1v) is 10.4. The van der Waals surface area contributed by atoms with Crippen LogP contribution in [0.1, 0.15) is 16.7 Å². The summed E-state index contributed by atoms with van der Waals surface area (Å²) in [6.45, 7) is 0.818. The van der Waals surface area contributed by atoms with E-state index in [1.165, 1.54) is 0 Å². The van der Waals surface area contributed by atoms with Crippen LogP contribution in [0, 0.1) is 11.3 Å². The molecular weight excluding hydrogens is 418 g/mol. The first-order valence-electron chi connectivity index (χ1n) is 10.4. The summed E-state index contributed by atoms with van der Waals surface area (Å²) in [5.74, 6) is 1.55. The summed E-state index contributed by atoms with van der Waals surface area (Å²) in [6.07, 6.45) is 5.58. The summed E-state index contributed by atoms with van der Waals surface area (Å²) in [6, 6.07) is 18.6. The zero-order valence-corrected chi connectivity index (χ0v) is 18.6. The first-order chi connectivity index (χ1) is 16.1. The molecule has 33 heavy (non-hydrogen) atoms. The van der Waals surface area contributed by atoms with Gasteiger partial charge in [0.15, 0.2) is 11.5 Å². The smallest absolute Gasteiger partial charge is 0.261 e. The molecule has 1 heterocycles. The molecule has 1 aromatic heterocycles. The molecule has 0 saturated heterocycles. The molecule has 0 atom stereocenters. The molecule has 0 radical (unpaired) electrons. The Balaban J connectivity index is 1.54. The second kappa shape index (κ2) is 11.9. The van der Waals surface area contributed by atoms with E-state index in [1.54, 1.807) is 57.0 Å². The Labute approximate surface area is 193 Å². The van der Waals surface area contributed by atoms with Gasteiger partial charge in [-0.15, -0.1) is 0 Å². The van der Waals surface area contributed by atoms with Gasteiger partial charge in [-0.1, -0.05) is 18.2 Å². The summed E-state index contributed by atoms with van der Waals surface area (Å²) in [5.41, 5.74) is 2.77. The Morgan fingerprint density at radius 3 is 2.39 bits per heavy atom. The van der Waals surface area contributed by atoms with Crippen LogP contribution in [0.5, 0.6) is 17.2 Å². The van der Waals surface area contributed by atoms with Crippen LogP contribution < -0.4 is 19.5 Å². The van der Waals surface area contributed by atoms with E-state index in [2.05, 4.69) is 10.3 Å². The molecule has 0 aliphatic heterocycles. The largest absolute Gasteiger partial charge is 0.493 e. The molecule has 1 amide bonds. The van der Waals surface area contributed by atoms with Crippen LogP contribution in [0.25, 0.3) is 6.08 Å². The Morgan fingerprint density at radius 1 is 1.00 bits per heavy atom. The molecule has 0 saturated carbocycles. The summed E-state index contributed by atoms with van der Waals surface area (Å²) in [7, 11) is 3.16. The minimum atomic E-state index is -0.420. The number of benzene rings is 2. The van der Waals surface area contributed by atoms with Gasteiger partial charge in [0.1, 0.15) is 24.0 Å². The zero-order chi connectivity index (χ0) is 23.5. The highest BCUT2D eigenvalue weighted by molar-refractivity contribution is 6.01. The maximum atomic E-state index is 12.4. The molecule has 0 aliphatic rings. The lowest BCUT2D eigenvalue weighted by molar-refractivity contribution is -0.117. The average Bonchev–Trinajstić information content (AvgIpc) is 2.87. The number of nitrogens with zero attached hydrogens (tertiary/aromatic N) is 2. The Morgan fingerprint density at radius 2 is 1.73 bits per heavy atom. The van der Waals surface area contributed by atoms with Crippen molar-refractivity contribution < 1.29 is 19.0 Å². The summed E-state index contributed by atoms with van der Waals surface area (Å²) in [5, 5.41) is 12.2. The molecular formula is C26H25N3O4. The third kappa shape index (κ3) is 6.84. The number of rotatable bonds is 10. The number of methoxy groups -OCH3 is 2. The maximum absolute atomic E-state index is 12.4. The van der Waals surface area contributed by atoms with Crippen molar-refractivity contribution >= 4 is 12.0 Å². The van der Waals surface area contributed by atoms with Gasteiger partial charge in [-0.05, 0) is 65.6 Å². The van der Waals surface area contributed by atoms with Crippen molar-refractivity contribution in [2.24, 2.45) is 0 Å². The van der Waals surface area contributed by atoms with Gasteiger partial charge in [0.25, 0.3) is 5.91 Å². The molecule has 1 N–H and O–H groups in total. The highest BCUT2D eigenvalue weighted by Gasteiger charge is 2.10. The molecule has 0 spiro atoms. The average molecular weight is 444 g/mol. The fourth-order valence-corrected chi connectivity index (χ4v) is 3.07. The van der Waals surface area contributed by atoms with Crippen molar-refractivity contribution in [1.82, 2.24) is 10.3 Å². The lowest BCUT2D eigenvalue weighted by atomic mass is 10.1. The molecule has 168 valence electrons. The first kappa shape index (κ1) is 23.4. The Kier molecular flexibility index (Phi) is 8.43. The molecule has 0 bridgehead atoms. The van der Waals surface area contributed by atoms with Crippen molar-refractivity contribution in [2.45, 2.75) is 13.0 Å². The number of nitrogens with one attached hydrogen (secondary N) is 1. The van der Waals surface area contributed by atoms with E-state index in [4.69, 9.17) is 14.2 Å². The van der Waals surface area contributed by atoms with Crippen LogP contribution in [-0.2, 0) is 17.8 Å². The van der Waals surface area contributed by atoms with Crippen LogP contribution >= 0.6 is 0 Å². The third-order valence-corrected chi connectivity index (χ3v) is 4.86. The van der Waals surface area contributed by atoms with Gasteiger partial charge in [0.05, 0.1) is 14.2 Å². The van der Waals surface area contributed by atoms with Gasteiger partial charge in [0, 0.05) is 18.9 Å². The maximum Gasteiger partial charge on any atom is 0.261 e. The van der Waals surface area contributed by atoms with Gasteiger partial charge in [-0.25, -0.2) is 0 Å². The van der Waals surface area contributed by atoms with Crippen molar-refractivity contribution in [2.75, 3.05) is 20.8 Å². The van der Waals surface area contributed by atoms with E-state index in [0.717, 1.165) is 16.7 Å². The molecule has 0 unspecified atom stereocenters. The number of hydrogen-bond donors (Lipinski definition) is 1. The Bertz CT molecular complexity index is 1140. The van der Waals surface area contributed by atoms with Crippen LogP contribution in [0.15, 0.2) is 72.6 Å². The normalized spacial score (nSPS) is 10.8. The van der Waals surface area contributed by atoms with Gasteiger partial charge >= 0.3 is 0 Å². The van der Waals surface area contributed by atoms with E-state index < -0.39 is 5.91 Å². The molecule has 0 fully saturated rings. The van der Waals surface area contributed by atoms with E-state index in [0.29, 0.717) is 36.8 Å². The predicted molar refractivity (Wildman–Crippen MR) is 125 cm³/mol. The van der Waals surface area contributed by atoms with Gasteiger partial charge in [-0.2, -0.15) is 5.26 Å². The molecule has 7 heteroatoms. The standard InChI is InChI=1S/C26H25N3O4/c1-31-24-8-5-20(16-25(24)32-2)11-14-29-26(30)22(17-27)15-19-3-6-23(7-4-19)33-18-21-9-12-28-13-10-21/h3-10,12-13,15-16H,11,14,18H2,1-2H3,(H,29,30)/b22-15-. The number of hydrogen-bond acceptors (Lipinski definition) is 6. The second-order valence-corrected chi connectivity index (χ2v) is 7.08. The number of carbonyl (C=O) groups is 1. The molecule has 3 aromatic rings. The van der Waals surface area contributed by atoms with Crippen LogP contribution in [0.4, 0.5) is 0 Å². The quantitative estimate of drug-likeness (QED) is 0.377. The molecule has 0 aliphatic carbocycles. The molecule has 7 nitrogen and oxygen atoms in total.